The van der Waals surface area contributed by atoms with E-state index in [-0.39, 0.29) is 17.9 Å². The number of ether oxygens (including phenoxy) is 1. The molecule has 8 atom stereocenters. The number of nitrogens with one attached hydrogen (secondary N) is 1. The van der Waals surface area contributed by atoms with Gasteiger partial charge in [-0.3, -0.25) is 14.4 Å². The number of aliphatic hydroxyl groups is 4. The molecule has 1 amide bonds. The molecule has 3 unspecified atom stereocenters. The number of aliphatic hydroxyl groups excluding tert-OH is 3. The maximum atomic E-state index is 13.8. The number of benzene rings is 1. The second-order valence-corrected chi connectivity index (χ2v) is 10.5. The first kappa shape index (κ1) is 28.5. The molecule has 39 heavy (non-hydrogen) atoms. The number of ketones is 2. The Kier molecular flexibility index (Phi) is 7.50. The van der Waals surface area contributed by atoms with Gasteiger partial charge in [-0.2, -0.15) is 0 Å². The lowest BCUT2D eigenvalue weighted by atomic mass is 9.54. The molecule has 1 aromatic carbocycles. The van der Waals surface area contributed by atoms with Crippen molar-refractivity contribution in [1.29, 1.82) is 0 Å². The van der Waals surface area contributed by atoms with Gasteiger partial charge in [-0.25, -0.2) is 4.79 Å². The minimum Gasteiger partial charge on any atom is -0.508 e. The molecule has 4 rings (SSSR count). The Morgan fingerprint density at radius 2 is 1.87 bits per heavy atom. The summed E-state index contributed by atoms with van der Waals surface area (Å²) in [4.78, 5) is 51.3. The van der Waals surface area contributed by atoms with Gasteiger partial charge in [-0.05, 0) is 37.3 Å². The molecule has 0 saturated heterocycles. The van der Waals surface area contributed by atoms with Crippen LogP contribution in [0.3, 0.4) is 0 Å². The SMILES string of the molecule is CCCC(Nc1ccc2c(c1O)C(=O)C1=C(O)[C@]3(O)C(=O)C(C(N)=O)C(O)C[C@@H]3[C@@H](O)[C@@H]1[C@H]2C)C(=O)OCC. The van der Waals surface area contributed by atoms with Crippen LogP contribution in [-0.2, 0) is 19.1 Å². The number of carbonyl (C=O) groups excluding carboxylic acids is 4. The van der Waals surface area contributed by atoms with Crippen LogP contribution in [0.4, 0.5) is 5.69 Å². The average molecular weight is 547 g/mol. The van der Waals surface area contributed by atoms with Crippen LogP contribution in [0, 0.1) is 17.8 Å². The van der Waals surface area contributed by atoms with E-state index < -0.39 is 94.5 Å². The maximum Gasteiger partial charge on any atom is 0.328 e. The van der Waals surface area contributed by atoms with Crippen LogP contribution < -0.4 is 11.1 Å². The monoisotopic (exact) mass is 546 g/mol. The van der Waals surface area contributed by atoms with E-state index in [1.54, 1.807) is 19.9 Å². The first-order chi connectivity index (χ1) is 18.3. The van der Waals surface area contributed by atoms with Crippen LogP contribution in [0.5, 0.6) is 5.75 Å². The van der Waals surface area contributed by atoms with Crippen molar-refractivity contribution in [2.24, 2.45) is 23.5 Å². The molecule has 1 fully saturated rings. The summed E-state index contributed by atoms with van der Waals surface area (Å²) in [6.07, 6.45) is -2.60. The highest BCUT2D eigenvalue weighted by atomic mass is 16.5. The third kappa shape index (κ3) is 4.17. The highest BCUT2D eigenvalue weighted by molar-refractivity contribution is 6.16. The molecule has 12 nitrogen and oxygen atoms in total. The van der Waals surface area contributed by atoms with E-state index >= 15 is 0 Å². The van der Waals surface area contributed by atoms with Crippen molar-refractivity contribution in [3.8, 4) is 5.75 Å². The van der Waals surface area contributed by atoms with Gasteiger partial charge in [0.2, 0.25) is 5.91 Å². The molecule has 0 aromatic heterocycles. The van der Waals surface area contributed by atoms with Crippen molar-refractivity contribution in [1.82, 2.24) is 0 Å². The van der Waals surface area contributed by atoms with Crippen LogP contribution in [0.25, 0.3) is 0 Å². The maximum absolute atomic E-state index is 13.8. The van der Waals surface area contributed by atoms with Crippen molar-refractivity contribution >= 4 is 29.1 Å². The second-order valence-electron chi connectivity index (χ2n) is 10.5. The summed E-state index contributed by atoms with van der Waals surface area (Å²) >= 11 is 0. The smallest absolute Gasteiger partial charge is 0.328 e. The lowest BCUT2D eigenvalue weighted by molar-refractivity contribution is -0.179. The summed E-state index contributed by atoms with van der Waals surface area (Å²) < 4.78 is 5.09. The van der Waals surface area contributed by atoms with E-state index in [1.165, 1.54) is 6.07 Å². The van der Waals surface area contributed by atoms with Crippen molar-refractivity contribution in [3.63, 3.8) is 0 Å². The number of rotatable bonds is 7. The number of primary amides is 1. The number of amides is 1. The summed E-state index contributed by atoms with van der Waals surface area (Å²) in [5, 5.41) is 58.5. The number of hydrogen-bond donors (Lipinski definition) is 7. The quantitative estimate of drug-likeness (QED) is 0.141. The Morgan fingerprint density at radius 3 is 2.46 bits per heavy atom. The third-order valence-electron chi connectivity index (χ3n) is 8.30. The summed E-state index contributed by atoms with van der Waals surface area (Å²) in [5.41, 5.74) is 2.10. The fourth-order valence-corrected chi connectivity index (χ4v) is 6.39. The minimum atomic E-state index is -2.85. The van der Waals surface area contributed by atoms with E-state index in [9.17, 15) is 44.7 Å². The van der Waals surface area contributed by atoms with Crippen LogP contribution >= 0.6 is 0 Å². The van der Waals surface area contributed by atoms with Crippen molar-refractivity contribution in [2.45, 2.75) is 69.8 Å². The molecular weight excluding hydrogens is 512 g/mol. The van der Waals surface area contributed by atoms with Crippen molar-refractivity contribution in [2.75, 3.05) is 11.9 Å². The average Bonchev–Trinajstić information content (AvgIpc) is 2.87. The zero-order chi connectivity index (χ0) is 29.0. The number of anilines is 1. The number of nitrogens with two attached hydrogens (primary N) is 1. The molecule has 1 aromatic rings. The predicted octanol–water partition coefficient (Wildman–Crippen LogP) is 0.421. The van der Waals surface area contributed by atoms with Crippen LogP contribution in [0.2, 0.25) is 0 Å². The fourth-order valence-electron chi connectivity index (χ4n) is 6.39. The van der Waals surface area contributed by atoms with E-state index in [0.29, 0.717) is 18.4 Å². The molecule has 8 N–H and O–H groups in total. The molecule has 3 aliphatic rings. The Labute approximate surface area is 224 Å². The number of carbonyl (C=O) groups is 4. The van der Waals surface area contributed by atoms with Gasteiger partial charge >= 0.3 is 5.97 Å². The number of fused-ring (bicyclic) bond motifs is 3. The third-order valence-corrected chi connectivity index (χ3v) is 8.30. The molecule has 0 aliphatic heterocycles. The molecule has 0 heterocycles. The van der Waals surface area contributed by atoms with Crippen LogP contribution in [0.1, 0.15) is 61.9 Å². The normalized spacial score (nSPS) is 32.6. The molecule has 0 radical (unpaired) electrons. The Morgan fingerprint density at radius 1 is 1.21 bits per heavy atom. The zero-order valence-electron chi connectivity index (χ0n) is 21.9. The van der Waals surface area contributed by atoms with E-state index in [0.717, 1.165) is 0 Å². The molecule has 0 spiro atoms. The molecule has 212 valence electrons. The van der Waals surface area contributed by atoms with E-state index in [1.807, 2.05) is 6.92 Å². The topological polar surface area (TPSA) is 217 Å². The highest BCUT2D eigenvalue weighted by Gasteiger charge is 2.66. The molecule has 0 bridgehead atoms. The Balaban J connectivity index is 1.83. The number of esters is 1. The van der Waals surface area contributed by atoms with Gasteiger partial charge in [0.1, 0.15) is 23.5 Å². The summed E-state index contributed by atoms with van der Waals surface area (Å²) in [5.74, 6) is -10.6. The van der Waals surface area contributed by atoms with E-state index in [4.69, 9.17) is 10.5 Å². The standard InChI is InChI=1S/C27H34N2O10/c1-4-6-14(26(37)39-5-2)29-13-8-7-11-10(3)16-19(22(33)17(11)21(13)32)24(35)27(38)12(20(16)31)9-15(30)18(23(27)34)25(28)36/h7-8,10,12,14-16,18,20,29-32,35,38H,4-6,9H2,1-3H3,(H2,28,36)/t10-,12+,14?,15?,16+,18?,20+,27+/m0/s1. The summed E-state index contributed by atoms with van der Waals surface area (Å²) in [6, 6.07) is 2.23. The lowest BCUT2D eigenvalue weighted by Crippen LogP contribution is -2.67. The summed E-state index contributed by atoms with van der Waals surface area (Å²) in [6.45, 7) is 5.33. The number of aromatic hydroxyl groups is 1. The van der Waals surface area contributed by atoms with Gasteiger partial charge in [0.15, 0.2) is 17.2 Å². The number of Topliss-reactive ketones (excluding diaryl/α,β-unsaturated/α-hetero) is 2. The lowest BCUT2D eigenvalue weighted by Gasteiger charge is -2.52. The highest BCUT2D eigenvalue weighted by Crippen LogP contribution is 2.55. The number of phenolic OH excluding ortho intramolecular Hbond substituents is 1. The van der Waals surface area contributed by atoms with Crippen LogP contribution in [-0.4, -0.2) is 79.4 Å². The first-order valence-electron chi connectivity index (χ1n) is 13.0. The molecular formula is C27H34N2O10. The first-order valence-corrected chi connectivity index (χ1v) is 13.0. The second kappa shape index (κ2) is 10.2. The largest absolute Gasteiger partial charge is 0.508 e. The van der Waals surface area contributed by atoms with Gasteiger partial charge in [-0.15, -0.1) is 0 Å². The fraction of sp³-hybridized carbons (Fsp3) is 0.556. The van der Waals surface area contributed by atoms with Gasteiger partial charge in [-0.1, -0.05) is 26.3 Å². The van der Waals surface area contributed by atoms with Gasteiger partial charge in [0, 0.05) is 17.4 Å². The minimum absolute atomic E-state index is 0.0537. The van der Waals surface area contributed by atoms with E-state index in [2.05, 4.69) is 5.32 Å². The Hall–Kier alpha value is -3.48. The van der Waals surface area contributed by atoms with Crippen molar-refractivity contribution < 1.29 is 49.4 Å². The van der Waals surface area contributed by atoms with Crippen LogP contribution in [0.15, 0.2) is 23.5 Å². The predicted molar refractivity (Wildman–Crippen MR) is 136 cm³/mol. The Bertz CT molecular complexity index is 1260. The summed E-state index contributed by atoms with van der Waals surface area (Å²) in [7, 11) is 0. The number of hydrogen-bond acceptors (Lipinski definition) is 11. The van der Waals surface area contributed by atoms with Gasteiger partial charge in [0.05, 0.1) is 30.1 Å². The number of phenols is 1. The zero-order valence-corrected chi connectivity index (χ0v) is 21.9. The molecule has 12 heteroatoms. The van der Waals surface area contributed by atoms with Gasteiger partial charge in [0.25, 0.3) is 0 Å². The molecule has 3 aliphatic carbocycles. The molecule has 1 saturated carbocycles. The van der Waals surface area contributed by atoms with Gasteiger partial charge < -0.3 is 41.3 Å². The van der Waals surface area contributed by atoms with Crippen molar-refractivity contribution in [3.05, 3.63) is 34.6 Å².